The van der Waals surface area contributed by atoms with E-state index in [-0.39, 0.29) is 36.0 Å². The van der Waals surface area contributed by atoms with Crippen molar-refractivity contribution in [3.63, 3.8) is 0 Å². The second-order valence-corrected chi connectivity index (χ2v) is 6.63. The second-order valence-electron chi connectivity index (χ2n) is 6.63. The van der Waals surface area contributed by atoms with Gasteiger partial charge in [0.25, 0.3) is 11.1 Å². The molecule has 0 fully saturated rings. The van der Waals surface area contributed by atoms with Crippen molar-refractivity contribution in [1.29, 1.82) is 0 Å². The van der Waals surface area contributed by atoms with Crippen LogP contribution < -0.4 is 16.4 Å². The number of carbonyl (C=O) groups excluding carboxylic acids is 1. The molecule has 0 aliphatic heterocycles. The summed E-state index contributed by atoms with van der Waals surface area (Å²) in [6.45, 7) is 6.43. The van der Waals surface area contributed by atoms with Gasteiger partial charge in [-0.05, 0) is 37.8 Å². The van der Waals surface area contributed by atoms with Crippen LogP contribution in [0, 0.1) is 5.92 Å². The number of fused-ring (bicyclic) bond motifs is 1. The summed E-state index contributed by atoms with van der Waals surface area (Å²) in [6, 6.07) is 6.78. The number of hydrogen-bond donors (Lipinski definition) is 2. The molecule has 0 spiro atoms. The molecule has 1 amide bonds. The lowest BCUT2D eigenvalue weighted by atomic mass is 10.0. The Labute approximate surface area is 140 Å². The van der Waals surface area contributed by atoms with Crippen molar-refractivity contribution >= 4 is 16.7 Å². The van der Waals surface area contributed by atoms with Gasteiger partial charge in [0.05, 0.1) is 17.3 Å². The predicted octanol–water partition coefficient (Wildman–Crippen LogP) is 2.02. The number of rotatable bonds is 7. The fourth-order valence-corrected chi connectivity index (χ4v) is 2.62. The van der Waals surface area contributed by atoms with Crippen molar-refractivity contribution in [1.82, 2.24) is 15.1 Å². The normalized spacial score (nSPS) is 12.5. The van der Waals surface area contributed by atoms with E-state index >= 15 is 0 Å². The molecule has 0 saturated heterocycles. The van der Waals surface area contributed by atoms with Gasteiger partial charge in [-0.25, -0.2) is 4.68 Å². The summed E-state index contributed by atoms with van der Waals surface area (Å²) in [6.07, 6.45) is 2.13. The summed E-state index contributed by atoms with van der Waals surface area (Å²) in [7, 11) is 0. The minimum absolute atomic E-state index is 0.104. The average Bonchev–Trinajstić information content (AvgIpc) is 2.55. The molecule has 6 heteroatoms. The highest BCUT2D eigenvalue weighted by Crippen LogP contribution is 2.06. The van der Waals surface area contributed by atoms with E-state index < -0.39 is 0 Å². The number of nitrogens with one attached hydrogen (secondary N) is 2. The van der Waals surface area contributed by atoms with Crippen LogP contribution in [0.3, 0.4) is 0 Å². The van der Waals surface area contributed by atoms with Gasteiger partial charge in [0.1, 0.15) is 0 Å². The topological polar surface area (TPSA) is 84.0 Å². The molecule has 1 unspecified atom stereocenters. The van der Waals surface area contributed by atoms with E-state index in [4.69, 9.17) is 0 Å². The van der Waals surface area contributed by atoms with Crippen LogP contribution in [0.25, 0.3) is 10.8 Å². The Morgan fingerprint density at radius 2 is 1.79 bits per heavy atom. The molecule has 1 aromatic carbocycles. The number of aromatic amines is 1. The third-order valence-electron chi connectivity index (χ3n) is 4.03. The van der Waals surface area contributed by atoms with Crippen LogP contribution in [0.15, 0.2) is 33.9 Å². The number of aryl methyl sites for hydroxylation is 1. The number of aromatic nitrogens is 2. The maximum Gasteiger partial charge on any atom is 0.273 e. The Morgan fingerprint density at radius 3 is 2.46 bits per heavy atom. The molecule has 6 nitrogen and oxygen atoms in total. The van der Waals surface area contributed by atoms with E-state index in [1.165, 1.54) is 4.68 Å². The monoisotopic (exact) mass is 331 g/mol. The molecular weight excluding hydrogens is 306 g/mol. The van der Waals surface area contributed by atoms with Crippen LogP contribution in [0.1, 0.15) is 40.0 Å². The van der Waals surface area contributed by atoms with Gasteiger partial charge in [-0.1, -0.05) is 26.0 Å². The first-order chi connectivity index (χ1) is 11.4. The fraction of sp³-hybridized carbons (Fsp3) is 0.500. The van der Waals surface area contributed by atoms with E-state index in [9.17, 15) is 14.4 Å². The molecule has 0 aliphatic rings. The minimum atomic E-state index is -0.323. The van der Waals surface area contributed by atoms with Gasteiger partial charge in [0.2, 0.25) is 5.91 Å². The van der Waals surface area contributed by atoms with Crippen molar-refractivity contribution in [2.45, 2.75) is 52.6 Å². The van der Waals surface area contributed by atoms with Gasteiger partial charge in [-0.3, -0.25) is 19.5 Å². The minimum Gasteiger partial charge on any atom is -0.354 e. The molecule has 0 saturated carbocycles. The first kappa shape index (κ1) is 18.0. The number of nitrogens with zero attached hydrogens (tertiary/aromatic N) is 1. The summed E-state index contributed by atoms with van der Waals surface area (Å²) < 4.78 is 1.21. The number of carbonyl (C=O) groups is 1. The van der Waals surface area contributed by atoms with Crippen LogP contribution in [-0.4, -0.2) is 21.7 Å². The molecule has 0 aliphatic carbocycles. The Morgan fingerprint density at radius 1 is 1.12 bits per heavy atom. The standard InChI is InChI=1S/C18H25N3O3/c1-12(2)8-9-13(3)19-16(22)10-11-21-18(24)15-7-5-4-6-14(15)17(23)20-21/h4-7,12-13H,8-11H2,1-3H3,(H,19,22)(H,20,23). The highest BCUT2D eigenvalue weighted by atomic mass is 16.2. The molecule has 0 bridgehead atoms. The molecule has 130 valence electrons. The van der Waals surface area contributed by atoms with Crippen LogP contribution in [-0.2, 0) is 11.3 Å². The third kappa shape index (κ3) is 4.57. The number of amides is 1. The highest BCUT2D eigenvalue weighted by molar-refractivity contribution is 5.80. The van der Waals surface area contributed by atoms with Crippen molar-refractivity contribution in [3.8, 4) is 0 Å². The van der Waals surface area contributed by atoms with Gasteiger partial charge in [0.15, 0.2) is 0 Å². The Bertz CT molecular complexity index is 820. The van der Waals surface area contributed by atoms with Gasteiger partial charge >= 0.3 is 0 Å². The van der Waals surface area contributed by atoms with E-state index in [1.807, 2.05) is 6.92 Å². The molecule has 1 atom stereocenters. The maximum atomic E-state index is 12.4. The smallest absolute Gasteiger partial charge is 0.273 e. The zero-order valence-corrected chi connectivity index (χ0v) is 14.5. The molecule has 0 radical (unpaired) electrons. The highest BCUT2D eigenvalue weighted by Gasteiger charge is 2.11. The molecule has 24 heavy (non-hydrogen) atoms. The maximum absolute atomic E-state index is 12.4. The zero-order chi connectivity index (χ0) is 17.7. The third-order valence-corrected chi connectivity index (χ3v) is 4.03. The van der Waals surface area contributed by atoms with Crippen LogP contribution in [0.5, 0.6) is 0 Å². The van der Waals surface area contributed by atoms with Crippen LogP contribution in [0.4, 0.5) is 0 Å². The largest absolute Gasteiger partial charge is 0.354 e. The molecular formula is C18H25N3O3. The lowest BCUT2D eigenvalue weighted by Gasteiger charge is -2.15. The van der Waals surface area contributed by atoms with Crippen LogP contribution >= 0.6 is 0 Å². The van der Waals surface area contributed by atoms with Gasteiger partial charge in [0, 0.05) is 12.5 Å². The number of H-pyrrole nitrogens is 1. The zero-order valence-electron chi connectivity index (χ0n) is 14.5. The van der Waals surface area contributed by atoms with E-state index in [0.29, 0.717) is 16.7 Å². The van der Waals surface area contributed by atoms with E-state index in [0.717, 1.165) is 12.8 Å². The summed E-state index contributed by atoms with van der Waals surface area (Å²) in [5, 5.41) is 6.20. The van der Waals surface area contributed by atoms with Gasteiger partial charge in [-0.15, -0.1) is 0 Å². The van der Waals surface area contributed by atoms with Crippen LogP contribution in [0.2, 0.25) is 0 Å². The Kier molecular flexibility index (Phi) is 5.95. The second kappa shape index (κ2) is 7.95. The van der Waals surface area contributed by atoms with Crippen molar-refractivity contribution < 1.29 is 4.79 Å². The van der Waals surface area contributed by atoms with Crippen molar-refractivity contribution in [2.24, 2.45) is 5.92 Å². The first-order valence-electron chi connectivity index (χ1n) is 8.39. The summed E-state index contributed by atoms with van der Waals surface area (Å²) >= 11 is 0. The van der Waals surface area contributed by atoms with E-state index in [2.05, 4.69) is 24.3 Å². The lowest BCUT2D eigenvalue weighted by molar-refractivity contribution is -0.122. The molecule has 1 aromatic heterocycles. The molecule has 2 N–H and O–H groups in total. The predicted molar refractivity (Wildman–Crippen MR) is 95.1 cm³/mol. The quantitative estimate of drug-likeness (QED) is 0.814. The Hall–Kier alpha value is -2.37. The summed E-state index contributed by atoms with van der Waals surface area (Å²) in [5.41, 5.74) is -0.609. The Balaban J connectivity index is 2.01. The van der Waals surface area contributed by atoms with Gasteiger partial charge in [-0.2, -0.15) is 0 Å². The molecule has 2 rings (SSSR count). The first-order valence-corrected chi connectivity index (χ1v) is 8.39. The molecule has 2 aromatic rings. The van der Waals surface area contributed by atoms with E-state index in [1.54, 1.807) is 24.3 Å². The summed E-state index contributed by atoms with van der Waals surface area (Å²) in [4.78, 5) is 36.4. The number of hydrogen-bond acceptors (Lipinski definition) is 3. The summed E-state index contributed by atoms with van der Waals surface area (Å²) in [5.74, 6) is 0.484. The fourth-order valence-electron chi connectivity index (χ4n) is 2.62. The number of benzene rings is 1. The van der Waals surface area contributed by atoms with Gasteiger partial charge < -0.3 is 5.32 Å². The van der Waals surface area contributed by atoms with Crippen molar-refractivity contribution in [2.75, 3.05) is 0 Å². The van der Waals surface area contributed by atoms with Crippen molar-refractivity contribution in [3.05, 3.63) is 45.0 Å². The average molecular weight is 331 g/mol. The SMILES string of the molecule is CC(C)CCC(C)NC(=O)CCn1[nH]c(=O)c2ccccc2c1=O. The molecule has 1 heterocycles. The lowest BCUT2D eigenvalue weighted by Crippen LogP contribution is -2.35.